The Bertz CT molecular complexity index is 697. The van der Waals surface area contributed by atoms with E-state index >= 15 is 0 Å². The van der Waals surface area contributed by atoms with Crippen LogP contribution in [0.25, 0.3) is 0 Å². The molecule has 0 atom stereocenters. The molecule has 25 heavy (non-hydrogen) atoms. The Labute approximate surface area is 163 Å². The topological polar surface area (TPSA) is 68.0 Å². The van der Waals surface area contributed by atoms with Crippen LogP contribution in [0.5, 0.6) is 0 Å². The third-order valence-corrected chi connectivity index (χ3v) is 6.76. The van der Waals surface area contributed by atoms with Crippen LogP contribution in [0.15, 0.2) is 34.5 Å². The second-order valence-electron chi connectivity index (χ2n) is 6.32. The fourth-order valence-corrected chi connectivity index (χ4v) is 5.10. The Balaban J connectivity index is 0.00000225. The van der Waals surface area contributed by atoms with Gasteiger partial charge in [-0.3, -0.25) is 4.79 Å². The fraction of sp³-hybridized carbons (Fsp3) is 0.444. The van der Waals surface area contributed by atoms with Gasteiger partial charge < -0.3 is 11.1 Å². The molecule has 0 saturated heterocycles. The largest absolute Gasteiger partial charge is 0.349 e. The lowest BCUT2D eigenvalue weighted by molar-refractivity contribution is 0.0945. The summed E-state index contributed by atoms with van der Waals surface area (Å²) in [4.78, 5) is 17.9. The number of thiazole rings is 1. The average Bonchev–Trinajstić information content (AvgIpc) is 3.25. The lowest BCUT2D eigenvalue weighted by Crippen LogP contribution is -2.38. The summed E-state index contributed by atoms with van der Waals surface area (Å²) in [5.74, 6) is -0.0956. The molecule has 1 fully saturated rings. The van der Waals surface area contributed by atoms with Crippen molar-refractivity contribution in [2.45, 2.75) is 48.8 Å². The van der Waals surface area contributed by atoms with E-state index in [1.807, 2.05) is 11.8 Å². The van der Waals surface area contributed by atoms with Gasteiger partial charge in [-0.05, 0) is 31.9 Å². The zero-order valence-corrected chi connectivity index (χ0v) is 16.7. The molecule has 1 heterocycles. The van der Waals surface area contributed by atoms with Crippen LogP contribution in [-0.4, -0.2) is 22.2 Å². The van der Waals surface area contributed by atoms with Gasteiger partial charge in [0.1, 0.15) is 10.7 Å². The number of carbonyl (C=O) groups excluding carboxylic acids is 1. The van der Waals surface area contributed by atoms with Crippen LogP contribution < -0.4 is 11.1 Å². The lowest BCUT2D eigenvalue weighted by atomic mass is 10.1. The number of aryl methyl sites for hydroxylation is 1. The molecule has 0 bridgehead atoms. The van der Waals surface area contributed by atoms with E-state index in [0.717, 1.165) is 17.8 Å². The van der Waals surface area contributed by atoms with E-state index in [1.54, 1.807) is 5.38 Å². The molecule has 1 aromatic heterocycles. The van der Waals surface area contributed by atoms with Gasteiger partial charge in [0.05, 0.1) is 0 Å². The van der Waals surface area contributed by atoms with Gasteiger partial charge in [-0.2, -0.15) is 0 Å². The molecule has 0 spiro atoms. The van der Waals surface area contributed by atoms with Crippen molar-refractivity contribution in [3.8, 4) is 0 Å². The first-order valence-electron chi connectivity index (χ1n) is 8.29. The Hall–Kier alpha value is -1.08. The summed E-state index contributed by atoms with van der Waals surface area (Å²) in [6.07, 6.45) is 4.72. The van der Waals surface area contributed by atoms with Crippen LogP contribution in [0.2, 0.25) is 0 Å². The van der Waals surface area contributed by atoms with Gasteiger partial charge in [0, 0.05) is 28.1 Å². The van der Waals surface area contributed by atoms with Crippen LogP contribution >= 0.6 is 35.5 Å². The normalized spacial score (nSPS) is 15.6. The van der Waals surface area contributed by atoms with E-state index in [0.29, 0.717) is 18.8 Å². The standard InChI is InChI=1S/C18H23N3OS2.ClH/c1-13-4-6-14(7-5-13)24-18(8-2-3-9-18)12-20-17(22)15-11-23-16(10-19)21-15;/h4-7,11H,2-3,8-10,12,19H2,1H3,(H,20,22);1H. The van der Waals surface area contributed by atoms with Crippen molar-refractivity contribution in [2.75, 3.05) is 6.54 Å². The minimum Gasteiger partial charge on any atom is -0.349 e. The minimum atomic E-state index is -0.0956. The number of benzene rings is 1. The van der Waals surface area contributed by atoms with Crippen molar-refractivity contribution in [1.29, 1.82) is 0 Å². The number of thioether (sulfide) groups is 1. The van der Waals surface area contributed by atoms with Gasteiger partial charge in [-0.15, -0.1) is 35.5 Å². The maximum atomic E-state index is 12.4. The molecule has 0 aliphatic heterocycles. The Morgan fingerprint density at radius 2 is 2.00 bits per heavy atom. The zero-order chi connectivity index (χ0) is 17.0. The van der Waals surface area contributed by atoms with Crippen molar-refractivity contribution in [3.63, 3.8) is 0 Å². The molecule has 0 radical (unpaired) electrons. The summed E-state index contributed by atoms with van der Waals surface area (Å²) in [7, 11) is 0. The van der Waals surface area contributed by atoms with Crippen LogP contribution in [0.4, 0.5) is 0 Å². The highest BCUT2D eigenvalue weighted by Crippen LogP contribution is 2.44. The van der Waals surface area contributed by atoms with Crippen molar-refractivity contribution in [1.82, 2.24) is 10.3 Å². The minimum absolute atomic E-state index is 0. The highest BCUT2D eigenvalue weighted by Gasteiger charge is 2.35. The van der Waals surface area contributed by atoms with E-state index in [9.17, 15) is 4.79 Å². The number of nitrogens with two attached hydrogens (primary N) is 1. The maximum absolute atomic E-state index is 12.4. The van der Waals surface area contributed by atoms with Gasteiger partial charge in [0.15, 0.2) is 0 Å². The monoisotopic (exact) mass is 397 g/mol. The van der Waals surface area contributed by atoms with Crippen LogP contribution in [0, 0.1) is 6.92 Å². The number of amides is 1. The molecule has 2 aromatic rings. The second-order valence-corrected chi connectivity index (χ2v) is 8.80. The fourth-order valence-electron chi connectivity index (χ4n) is 3.03. The van der Waals surface area contributed by atoms with Crippen LogP contribution in [0.3, 0.4) is 0 Å². The SMILES string of the molecule is Cc1ccc(SC2(CNC(=O)c3csc(CN)n3)CCCC2)cc1.Cl. The summed E-state index contributed by atoms with van der Waals surface area (Å²) in [6, 6.07) is 8.64. The molecule has 1 saturated carbocycles. The van der Waals surface area contributed by atoms with Crippen LogP contribution in [-0.2, 0) is 6.54 Å². The summed E-state index contributed by atoms with van der Waals surface area (Å²) in [5.41, 5.74) is 7.32. The van der Waals surface area contributed by atoms with E-state index < -0.39 is 0 Å². The number of nitrogens with one attached hydrogen (secondary N) is 1. The number of carbonyl (C=O) groups is 1. The van der Waals surface area contributed by atoms with Gasteiger partial charge in [0.25, 0.3) is 5.91 Å². The van der Waals surface area contributed by atoms with Crippen molar-refractivity contribution >= 4 is 41.4 Å². The highest BCUT2D eigenvalue weighted by atomic mass is 35.5. The molecule has 136 valence electrons. The first kappa shape index (κ1) is 20.2. The molecular formula is C18H24ClN3OS2. The summed E-state index contributed by atoms with van der Waals surface area (Å²) >= 11 is 3.34. The number of nitrogens with zero attached hydrogens (tertiary/aromatic N) is 1. The Kier molecular flexibility index (Phi) is 7.31. The van der Waals surface area contributed by atoms with Crippen molar-refractivity contribution in [2.24, 2.45) is 5.73 Å². The first-order valence-corrected chi connectivity index (χ1v) is 9.98. The van der Waals surface area contributed by atoms with E-state index in [2.05, 4.69) is 41.5 Å². The number of aromatic nitrogens is 1. The molecule has 1 amide bonds. The summed E-state index contributed by atoms with van der Waals surface area (Å²) in [5, 5.41) is 5.67. The third-order valence-electron chi connectivity index (χ3n) is 4.40. The van der Waals surface area contributed by atoms with Crippen LogP contribution in [0.1, 0.15) is 46.7 Å². The Morgan fingerprint density at radius 3 is 2.60 bits per heavy atom. The molecule has 7 heteroatoms. The van der Waals surface area contributed by atoms with E-state index in [4.69, 9.17) is 5.73 Å². The smallest absolute Gasteiger partial charge is 0.270 e. The molecule has 0 unspecified atom stereocenters. The lowest BCUT2D eigenvalue weighted by Gasteiger charge is -2.28. The Morgan fingerprint density at radius 1 is 1.32 bits per heavy atom. The van der Waals surface area contributed by atoms with Gasteiger partial charge >= 0.3 is 0 Å². The summed E-state index contributed by atoms with van der Waals surface area (Å²) in [6.45, 7) is 3.16. The predicted molar refractivity (Wildman–Crippen MR) is 108 cm³/mol. The predicted octanol–water partition coefficient (Wildman–Crippen LogP) is 4.17. The van der Waals surface area contributed by atoms with Gasteiger partial charge in [-0.25, -0.2) is 4.98 Å². The highest BCUT2D eigenvalue weighted by molar-refractivity contribution is 8.00. The van der Waals surface area contributed by atoms with Crippen molar-refractivity contribution < 1.29 is 4.79 Å². The van der Waals surface area contributed by atoms with Gasteiger partial charge in [0.2, 0.25) is 0 Å². The quantitative estimate of drug-likeness (QED) is 0.767. The molecule has 1 aliphatic carbocycles. The summed E-state index contributed by atoms with van der Waals surface area (Å²) < 4.78 is 0.0949. The number of halogens is 1. The molecule has 3 rings (SSSR count). The maximum Gasteiger partial charge on any atom is 0.270 e. The van der Waals surface area contributed by atoms with E-state index in [-0.39, 0.29) is 23.1 Å². The average molecular weight is 398 g/mol. The second kappa shape index (κ2) is 9.03. The molecule has 3 N–H and O–H groups in total. The number of rotatable bonds is 6. The zero-order valence-electron chi connectivity index (χ0n) is 14.3. The number of hydrogen-bond donors (Lipinski definition) is 2. The molecular weight excluding hydrogens is 374 g/mol. The van der Waals surface area contributed by atoms with Crippen molar-refractivity contribution in [3.05, 3.63) is 45.9 Å². The molecule has 1 aromatic carbocycles. The first-order chi connectivity index (χ1) is 11.6. The third kappa shape index (κ3) is 5.20. The number of hydrogen-bond acceptors (Lipinski definition) is 5. The van der Waals surface area contributed by atoms with E-state index in [1.165, 1.54) is 34.6 Å². The van der Waals surface area contributed by atoms with Gasteiger partial charge in [-0.1, -0.05) is 30.5 Å². The molecule has 1 aliphatic rings. The molecule has 4 nitrogen and oxygen atoms in total.